The molecule has 0 rings (SSSR count). The van der Waals surface area contributed by atoms with Gasteiger partial charge in [-0.05, 0) is 5.92 Å². The van der Waals surface area contributed by atoms with E-state index < -0.39 is 0 Å². The van der Waals surface area contributed by atoms with Crippen LogP contribution in [-0.4, -0.2) is 0 Å². The molecular formula is C16H42. The van der Waals surface area contributed by atoms with Crippen molar-refractivity contribution in [1.29, 1.82) is 0 Å². The third-order valence-corrected chi connectivity index (χ3v) is 0.957. The van der Waals surface area contributed by atoms with Gasteiger partial charge in [-0.2, -0.15) is 0 Å². The number of unbranched alkanes of at least 4 members (excludes halogenated alkanes) is 3. The van der Waals surface area contributed by atoms with Crippen molar-refractivity contribution in [3.8, 4) is 0 Å². The lowest BCUT2D eigenvalue weighted by Crippen LogP contribution is -1.66. The Hall–Kier alpha value is 0. The number of hydrogen-bond acceptors (Lipinski definition) is 0. The van der Waals surface area contributed by atoms with Crippen LogP contribution in [0.15, 0.2) is 0 Å². The van der Waals surface area contributed by atoms with Crippen molar-refractivity contribution in [3.05, 3.63) is 0 Å². The Balaban J connectivity index is -0.0000000354. The fourth-order valence-corrected chi connectivity index (χ4v) is 0.500. The van der Waals surface area contributed by atoms with Crippen molar-refractivity contribution in [2.24, 2.45) is 5.92 Å². The summed E-state index contributed by atoms with van der Waals surface area (Å²) in [6.07, 6.45) is 5.54. The van der Waals surface area contributed by atoms with Crippen molar-refractivity contribution < 1.29 is 0 Å². The second kappa shape index (κ2) is 60.0. The molecule has 0 fully saturated rings. The van der Waals surface area contributed by atoms with Crippen LogP contribution in [0.5, 0.6) is 0 Å². The average molecular weight is 235 g/mol. The van der Waals surface area contributed by atoms with Gasteiger partial charge in [0.15, 0.2) is 0 Å². The molecule has 0 radical (unpaired) electrons. The van der Waals surface area contributed by atoms with Crippen LogP contribution in [0.4, 0.5) is 0 Å². The summed E-state index contributed by atoms with van der Waals surface area (Å²) in [6.45, 7) is 23.0. The highest BCUT2D eigenvalue weighted by Crippen LogP contribution is 1.95. The van der Waals surface area contributed by atoms with Crippen molar-refractivity contribution in [2.45, 2.75) is 102 Å². The molecule has 0 N–H and O–H groups in total. The molecule has 0 unspecified atom stereocenters. The van der Waals surface area contributed by atoms with Gasteiger partial charge in [-0.1, -0.05) is 102 Å². The van der Waals surface area contributed by atoms with Crippen LogP contribution in [0.25, 0.3) is 0 Å². The summed E-state index contributed by atoms with van der Waals surface area (Å²) in [4.78, 5) is 0. The third kappa shape index (κ3) is 263. The molecule has 0 bridgehead atoms. The average Bonchev–Trinajstić information content (AvgIpc) is 2.33. The van der Waals surface area contributed by atoms with Gasteiger partial charge in [0.05, 0.1) is 0 Å². The van der Waals surface area contributed by atoms with Gasteiger partial charge in [-0.25, -0.2) is 0 Å². The summed E-state index contributed by atoms with van der Waals surface area (Å²) >= 11 is 0. The first-order valence-electron chi connectivity index (χ1n) is 7.65. The molecule has 0 heteroatoms. The topological polar surface area (TPSA) is 0 Å². The summed E-state index contributed by atoms with van der Waals surface area (Å²) in [5, 5.41) is 0. The Labute approximate surface area is 108 Å². The predicted molar refractivity (Wildman–Crippen MR) is 84.4 cm³/mol. The minimum absolute atomic E-state index is 0.833. The van der Waals surface area contributed by atoms with Crippen LogP contribution in [0.3, 0.4) is 0 Å². The number of rotatable bonds is 3. The lowest BCUT2D eigenvalue weighted by atomic mass is 10.2. The molecule has 0 saturated carbocycles. The van der Waals surface area contributed by atoms with Gasteiger partial charge in [-0.15, -0.1) is 0 Å². The van der Waals surface area contributed by atoms with Crippen molar-refractivity contribution >= 4 is 0 Å². The summed E-state index contributed by atoms with van der Waals surface area (Å²) in [5.41, 5.74) is 0. The summed E-state index contributed by atoms with van der Waals surface area (Å²) in [7, 11) is 0. The molecule has 0 spiro atoms. The van der Waals surface area contributed by atoms with Crippen molar-refractivity contribution in [3.63, 3.8) is 0 Å². The first-order chi connectivity index (χ1) is 7.65. The third-order valence-electron chi connectivity index (χ3n) is 0.957. The second-order valence-corrected chi connectivity index (χ2v) is 3.44. The van der Waals surface area contributed by atoms with E-state index in [1.54, 1.807) is 0 Å². The SMILES string of the molecule is CC.CC.CC.CC(C)C.CCCCCC. The maximum atomic E-state index is 2.23. The number of hydrogen-bond donors (Lipinski definition) is 0. The first-order valence-corrected chi connectivity index (χ1v) is 7.65. The molecule has 0 aromatic heterocycles. The molecule has 0 aliphatic carbocycles. The van der Waals surface area contributed by atoms with Gasteiger partial charge in [-0.3, -0.25) is 0 Å². The largest absolute Gasteiger partial charge is 0.0683 e. The normalized spacial score (nSPS) is 6.75. The van der Waals surface area contributed by atoms with E-state index in [1.807, 2.05) is 41.5 Å². The van der Waals surface area contributed by atoms with Gasteiger partial charge >= 0.3 is 0 Å². The van der Waals surface area contributed by atoms with Gasteiger partial charge in [0.25, 0.3) is 0 Å². The van der Waals surface area contributed by atoms with Crippen LogP contribution < -0.4 is 0 Å². The second-order valence-electron chi connectivity index (χ2n) is 3.44. The molecule has 0 nitrogen and oxygen atoms in total. The van der Waals surface area contributed by atoms with Gasteiger partial charge in [0, 0.05) is 0 Å². The molecule has 0 aromatic carbocycles. The highest BCUT2D eigenvalue weighted by Gasteiger charge is 1.75. The summed E-state index contributed by atoms with van der Waals surface area (Å²) < 4.78 is 0. The van der Waals surface area contributed by atoms with E-state index in [0.717, 1.165) is 5.92 Å². The van der Waals surface area contributed by atoms with E-state index in [4.69, 9.17) is 0 Å². The van der Waals surface area contributed by atoms with Crippen molar-refractivity contribution in [1.82, 2.24) is 0 Å². The van der Waals surface area contributed by atoms with Crippen LogP contribution in [0.1, 0.15) is 102 Å². The van der Waals surface area contributed by atoms with Crippen molar-refractivity contribution in [2.75, 3.05) is 0 Å². The van der Waals surface area contributed by atoms with Gasteiger partial charge in [0.2, 0.25) is 0 Å². The zero-order valence-corrected chi connectivity index (χ0v) is 14.4. The highest BCUT2D eigenvalue weighted by atomic mass is 13.8. The molecule has 0 aromatic rings. The Bertz CT molecular complexity index is 30.5. The van der Waals surface area contributed by atoms with Crippen LogP contribution in [-0.2, 0) is 0 Å². The lowest BCUT2D eigenvalue weighted by Gasteiger charge is -1.86. The van der Waals surface area contributed by atoms with E-state index >= 15 is 0 Å². The summed E-state index contributed by atoms with van der Waals surface area (Å²) in [6, 6.07) is 0. The quantitative estimate of drug-likeness (QED) is 0.448. The van der Waals surface area contributed by atoms with E-state index in [1.165, 1.54) is 25.7 Å². The van der Waals surface area contributed by atoms with Crippen LogP contribution >= 0.6 is 0 Å². The smallest absolute Gasteiger partial charge is 0.0500 e. The fourth-order valence-electron chi connectivity index (χ4n) is 0.500. The molecule has 106 valence electrons. The molecule has 0 aliphatic rings. The summed E-state index contributed by atoms with van der Waals surface area (Å²) in [5.74, 6) is 0.833. The predicted octanol–water partition coefficient (Wildman–Crippen LogP) is 7.33. The molecule has 0 atom stereocenters. The maximum absolute atomic E-state index is 2.23. The molecule has 0 aliphatic heterocycles. The van der Waals surface area contributed by atoms with Gasteiger partial charge in [0.1, 0.15) is 0 Å². The van der Waals surface area contributed by atoms with E-state index in [2.05, 4.69) is 34.6 Å². The minimum atomic E-state index is 0.833. The van der Waals surface area contributed by atoms with Crippen LogP contribution in [0, 0.1) is 5.92 Å². The van der Waals surface area contributed by atoms with Crippen LogP contribution in [0.2, 0.25) is 0 Å². The first kappa shape index (κ1) is 29.8. The zero-order chi connectivity index (χ0) is 14.4. The zero-order valence-electron chi connectivity index (χ0n) is 14.4. The minimum Gasteiger partial charge on any atom is -0.0683 e. The van der Waals surface area contributed by atoms with E-state index in [9.17, 15) is 0 Å². The monoisotopic (exact) mass is 234 g/mol. The fraction of sp³-hybridized carbons (Fsp3) is 1.00. The Morgan fingerprint density at radius 1 is 0.562 bits per heavy atom. The molecule has 0 heterocycles. The Morgan fingerprint density at radius 3 is 0.750 bits per heavy atom. The maximum Gasteiger partial charge on any atom is -0.0500 e. The molecule has 16 heavy (non-hydrogen) atoms. The van der Waals surface area contributed by atoms with Gasteiger partial charge < -0.3 is 0 Å². The molecule has 0 saturated heterocycles. The highest BCUT2D eigenvalue weighted by molar-refractivity contribution is 4.31. The lowest BCUT2D eigenvalue weighted by molar-refractivity contribution is 0.702. The molecular weight excluding hydrogens is 192 g/mol. The standard InChI is InChI=1S/C6H14.C4H10.3C2H6/c1-3-5-6-4-2;1-4(2)3;3*1-2/h3-6H2,1-2H3;4H,1-3H3;3*1-2H3. The van der Waals surface area contributed by atoms with E-state index in [0.29, 0.717) is 0 Å². The van der Waals surface area contributed by atoms with E-state index in [-0.39, 0.29) is 0 Å². The molecule has 0 amide bonds. The Morgan fingerprint density at radius 2 is 0.688 bits per heavy atom. The Kier molecular flexibility index (Phi) is 112.